The number of carbonyl (C=O) groups is 2. The van der Waals surface area contributed by atoms with E-state index in [0.717, 1.165) is 29.9 Å². The van der Waals surface area contributed by atoms with Crippen molar-refractivity contribution in [3.05, 3.63) is 23.8 Å². The standard InChI is InChI=1S/C26H38N2O6/c1-15(27-24(30)34-25(2,3)4)23(29)28-12-11-19-16(14-28)13-18-21(32-19)17-9-8-10-20(31-7)22(17)33-26(18,5)6/h8-10,15-16,18-19,21H,11-14H2,1-7H3,(H,27,30)/t15-,16-,18+,19+,21-/m0/s1. The van der Waals surface area contributed by atoms with Crippen LogP contribution in [0.3, 0.4) is 0 Å². The molecule has 3 heterocycles. The Bertz CT molecular complexity index is 940. The van der Waals surface area contributed by atoms with Crippen molar-refractivity contribution in [1.29, 1.82) is 0 Å². The van der Waals surface area contributed by atoms with Gasteiger partial charge in [-0.2, -0.15) is 0 Å². The summed E-state index contributed by atoms with van der Waals surface area (Å²) in [6, 6.07) is 5.30. The zero-order valence-corrected chi connectivity index (χ0v) is 21.3. The fourth-order valence-electron chi connectivity index (χ4n) is 5.47. The van der Waals surface area contributed by atoms with E-state index in [1.54, 1.807) is 34.8 Å². The number of nitrogens with zero attached hydrogens (tertiary/aromatic N) is 1. The number of methoxy groups -OCH3 is 1. The highest BCUT2D eigenvalue weighted by atomic mass is 16.6. The normalized spacial score (nSPS) is 28.4. The minimum absolute atomic E-state index is 0.0647. The summed E-state index contributed by atoms with van der Waals surface area (Å²) < 4.78 is 24.0. The van der Waals surface area contributed by atoms with E-state index in [-0.39, 0.29) is 30.0 Å². The third-order valence-corrected chi connectivity index (χ3v) is 7.12. The number of ether oxygens (including phenoxy) is 4. The van der Waals surface area contributed by atoms with Crippen molar-refractivity contribution >= 4 is 12.0 Å². The van der Waals surface area contributed by atoms with Crippen LogP contribution < -0.4 is 14.8 Å². The van der Waals surface area contributed by atoms with Gasteiger partial charge in [-0.3, -0.25) is 4.79 Å². The van der Waals surface area contributed by atoms with E-state index in [0.29, 0.717) is 13.1 Å². The maximum atomic E-state index is 13.1. The first kappa shape index (κ1) is 24.6. The number of piperidine rings is 1. The average molecular weight is 475 g/mol. The quantitative estimate of drug-likeness (QED) is 0.711. The van der Waals surface area contributed by atoms with Crippen LogP contribution in [-0.2, 0) is 14.3 Å². The van der Waals surface area contributed by atoms with Crippen LogP contribution in [-0.4, -0.2) is 60.4 Å². The lowest BCUT2D eigenvalue weighted by Gasteiger charge is -2.53. The summed E-state index contributed by atoms with van der Waals surface area (Å²) in [5.74, 6) is 1.76. The molecule has 0 aliphatic carbocycles. The Morgan fingerprint density at radius 3 is 2.68 bits per heavy atom. The molecule has 2 fully saturated rings. The number of fused-ring (bicyclic) bond motifs is 4. The molecule has 34 heavy (non-hydrogen) atoms. The fraction of sp³-hybridized carbons (Fsp3) is 0.692. The molecule has 0 radical (unpaired) electrons. The molecule has 4 rings (SSSR count). The molecule has 0 bridgehead atoms. The van der Waals surface area contributed by atoms with Gasteiger partial charge in [-0.1, -0.05) is 12.1 Å². The predicted octanol–water partition coefficient (Wildman–Crippen LogP) is 4.07. The van der Waals surface area contributed by atoms with E-state index in [1.807, 2.05) is 17.0 Å². The van der Waals surface area contributed by atoms with Gasteiger partial charge in [0.2, 0.25) is 5.91 Å². The van der Waals surface area contributed by atoms with Gasteiger partial charge in [0.05, 0.1) is 19.3 Å². The second kappa shape index (κ2) is 8.95. The van der Waals surface area contributed by atoms with Crippen molar-refractivity contribution in [2.24, 2.45) is 11.8 Å². The van der Waals surface area contributed by atoms with Crippen LogP contribution in [0.4, 0.5) is 4.79 Å². The van der Waals surface area contributed by atoms with Crippen LogP contribution in [0.25, 0.3) is 0 Å². The SMILES string of the molecule is COc1cccc2c1OC(C)(C)[C@@H]1C[C@H]3CN(C(=O)[C@H](C)NC(=O)OC(C)(C)C)CC[C@H]3O[C@@H]21. The Labute approximate surface area is 202 Å². The first-order valence-electron chi connectivity index (χ1n) is 12.2. The van der Waals surface area contributed by atoms with Crippen molar-refractivity contribution < 1.29 is 28.5 Å². The Hall–Kier alpha value is -2.48. The maximum Gasteiger partial charge on any atom is 0.408 e. The number of nitrogens with one attached hydrogen (secondary N) is 1. The largest absolute Gasteiger partial charge is 0.493 e. The topological polar surface area (TPSA) is 86.3 Å². The summed E-state index contributed by atoms with van der Waals surface area (Å²) in [5.41, 5.74) is -0.0100. The van der Waals surface area contributed by atoms with E-state index in [1.165, 1.54) is 0 Å². The molecule has 8 heteroatoms. The van der Waals surface area contributed by atoms with Crippen molar-refractivity contribution in [1.82, 2.24) is 10.2 Å². The third-order valence-electron chi connectivity index (χ3n) is 7.12. The van der Waals surface area contributed by atoms with Gasteiger partial charge >= 0.3 is 6.09 Å². The summed E-state index contributed by atoms with van der Waals surface area (Å²) in [6.45, 7) is 12.5. The number of likely N-dealkylation sites (tertiary alicyclic amines) is 1. The van der Waals surface area contributed by atoms with Crippen molar-refractivity contribution in [2.75, 3.05) is 20.2 Å². The number of carbonyl (C=O) groups excluding carboxylic acids is 2. The van der Waals surface area contributed by atoms with Gasteiger partial charge in [0, 0.05) is 30.5 Å². The maximum absolute atomic E-state index is 13.1. The summed E-state index contributed by atoms with van der Waals surface area (Å²) in [6.07, 6.45) is 1.09. The van der Waals surface area contributed by atoms with E-state index in [2.05, 4.69) is 25.2 Å². The van der Waals surface area contributed by atoms with Crippen LogP contribution in [0.15, 0.2) is 18.2 Å². The lowest BCUT2D eigenvalue weighted by atomic mass is 9.70. The lowest BCUT2D eigenvalue weighted by molar-refractivity contribution is -0.189. The van der Waals surface area contributed by atoms with Crippen molar-refractivity contribution in [3.63, 3.8) is 0 Å². The first-order chi connectivity index (χ1) is 15.9. The highest BCUT2D eigenvalue weighted by molar-refractivity contribution is 5.85. The molecule has 3 aliphatic rings. The van der Waals surface area contributed by atoms with E-state index >= 15 is 0 Å². The summed E-state index contributed by atoms with van der Waals surface area (Å²) in [4.78, 5) is 27.1. The van der Waals surface area contributed by atoms with Gasteiger partial charge in [0.1, 0.15) is 17.2 Å². The molecule has 2 amide bonds. The molecule has 0 spiro atoms. The smallest absolute Gasteiger partial charge is 0.408 e. The van der Waals surface area contributed by atoms with Gasteiger partial charge in [-0.15, -0.1) is 0 Å². The number of alkyl carbamates (subject to hydrolysis) is 1. The molecular weight excluding hydrogens is 436 g/mol. The molecule has 3 aliphatic heterocycles. The van der Waals surface area contributed by atoms with Gasteiger partial charge in [-0.25, -0.2) is 4.79 Å². The van der Waals surface area contributed by atoms with Crippen LogP contribution in [0.1, 0.15) is 66.1 Å². The van der Waals surface area contributed by atoms with Crippen LogP contribution in [0, 0.1) is 11.8 Å². The number of para-hydroxylation sites is 1. The number of hydrogen-bond donors (Lipinski definition) is 1. The molecular formula is C26H38N2O6. The number of benzene rings is 1. The van der Waals surface area contributed by atoms with Gasteiger partial charge in [0.15, 0.2) is 11.5 Å². The number of rotatable bonds is 3. The second-order valence-corrected chi connectivity index (χ2v) is 11.2. The molecule has 0 saturated carbocycles. The summed E-state index contributed by atoms with van der Waals surface area (Å²) >= 11 is 0. The Morgan fingerprint density at radius 1 is 1.26 bits per heavy atom. The van der Waals surface area contributed by atoms with Crippen LogP contribution in [0.2, 0.25) is 0 Å². The molecule has 1 aromatic carbocycles. The summed E-state index contributed by atoms with van der Waals surface area (Å²) in [5, 5.41) is 2.67. The zero-order valence-electron chi connectivity index (χ0n) is 21.3. The Morgan fingerprint density at radius 2 is 2.00 bits per heavy atom. The Balaban J connectivity index is 1.45. The monoisotopic (exact) mass is 474 g/mol. The minimum Gasteiger partial charge on any atom is -0.493 e. The molecule has 1 N–H and O–H groups in total. The van der Waals surface area contributed by atoms with Crippen molar-refractivity contribution in [3.8, 4) is 11.5 Å². The van der Waals surface area contributed by atoms with Gasteiger partial charge in [-0.05, 0) is 60.5 Å². The lowest BCUT2D eigenvalue weighted by Crippen LogP contribution is -2.58. The van der Waals surface area contributed by atoms with E-state index in [9.17, 15) is 9.59 Å². The molecule has 0 unspecified atom stereocenters. The minimum atomic E-state index is -0.655. The molecule has 0 aromatic heterocycles. The van der Waals surface area contributed by atoms with E-state index in [4.69, 9.17) is 18.9 Å². The van der Waals surface area contributed by atoms with Gasteiger partial charge < -0.3 is 29.2 Å². The average Bonchev–Trinajstić information content (AvgIpc) is 2.75. The molecule has 2 saturated heterocycles. The van der Waals surface area contributed by atoms with Gasteiger partial charge in [0.25, 0.3) is 0 Å². The fourth-order valence-corrected chi connectivity index (χ4v) is 5.47. The predicted molar refractivity (Wildman–Crippen MR) is 127 cm³/mol. The second-order valence-electron chi connectivity index (χ2n) is 11.2. The summed E-state index contributed by atoms with van der Waals surface area (Å²) in [7, 11) is 1.65. The first-order valence-corrected chi connectivity index (χ1v) is 12.2. The molecule has 5 atom stereocenters. The van der Waals surface area contributed by atoms with Crippen LogP contribution >= 0.6 is 0 Å². The third kappa shape index (κ3) is 4.83. The molecule has 188 valence electrons. The Kier molecular flexibility index (Phi) is 6.48. The van der Waals surface area contributed by atoms with Crippen LogP contribution in [0.5, 0.6) is 11.5 Å². The number of hydrogen-bond acceptors (Lipinski definition) is 6. The highest BCUT2D eigenvalue weighted by Crippen LogP contribution is 2.55. The zero-order chi connectivity index (χ0) is 24.8. The number of amides is 2. The molecule has 1 aromatic rings. The van der Waals surface area contributed by atoms with Crippen molar-refractivity contribution in [2.45, 2.75) is 83.8 Å². The van der Waals surface area contributed by atoms with E-state index < -0.39 is 23.3 Å². The molecule has 8 nitrogen and oxygen atoms in total. The highest BCUT2D eigenvalue weighted by Gasteiger charge is 2.52.